The van der Waals surface area contributed by atoms with Crippen molar-refractivity contribution >= 4 is 34.3 Å². The van der Waals surface area contributed by atoms with Gasteiger partial charge in [-0.3, -0.25) is 14.2 Å². The van der Waals surface area contributed by atoms with Gasteiger partial charge < -0.3 is 10.1 Å². The van der Waals surface area contributed by atoms with Gasteiger partial charge in [0.25, 0.3) is 5.56 Å². The number of nitrogens with one attached hydrogen (secondary N) is 1. The molecule has 0 fully saturated rings. The van der Waals surface area contributed by atoms with Crippen LogP contribution >= 0.6 is 11.8 Å². The molecule has 0 bridgehead atoms. The Balaban J connectivity index is 1.63. The SMILES string of the molecule is COc1cccc(NC(=O)CSc2nc3ccccc3c(=O)n2-c2ccccc2)c1. The van der Waals surface area contributed by atoms with Gasteiger partial charge in [0.15, 0.2) is 5.16 Å². The summed E-state index contributed by atoms with van der Waals surface area (Å²) in [6.07, 6.45) is 0. The molecule has 0 atom stereocenters. The number of methoxy groups -OCH3 is 1. The highest BCUT2D eigenvalue weighted by atomic mass is 32.2. The highest BCUT2D eigenvalue weighted by Gasteiger charge is 2.14. The summed E-state index contributed by atoms with van der Waals surface area (Å²) in [5.74, 6) is 0.569. The Labute approximate surface area is 177 Å². The van der Waals surface area contributed by atoms with Crippen molar-refractivity contribution in [3.8, 4) is 11.4 Å². The lowest BCUT2D eigenvalue weighted by Gasteiger charge is -2.13. The molecule has 0 aliphatic carbocycles. The van der Waals surface area contributed by atoms with E-state index in [1.54, 1.807) is 42.0 Å². The Morgan fingerprint density at radius 3 is 2.60 bits per heavy atom. The number of thioether (sulfide) groups is 1. The van der Waals surface area contributed by atoms with Crippen LogP contribution in [0.25, 0.3) is 16.6 Å². The van der Waals surface area contributed by atoms with Crippen molar-refractivity contribution in [3.63, 3.8) is 0 Å². The molecule has 0 radical (unpaired) electrons. The Hall–Kier alpha value is -3.58. The highest BCUT2D eigenvalue weighted by molar-refractivity contribution is 7.99. The number of aromatic nitrogens is 2. The number of hydrogen-bond acceptors (Lipinski definition) is 5. The molecule has 7 heteroatoms. The summed E-state index contributed by atoms with van der Waals surface area (Å²) in [5.41, 5.74) is 1.79. The number of amides is 1. The van der Waals surface area contributed by atoms with Crippen molar-refractivity contribution in [1.29, 1.82) is 0 Å². The summed E-state index contributed by atoms with van der Waals surface area (Å²) < 4.78 is 6.73. The monoisotopic (exact) mass is 417 g/mol. The fourth-order valence-corrected chi connectivity index (χ4v) is 3.85. The average Bonchev–Trinajstić information content (AvgIpc) is 2.78. The molecule has 0 spiro atoms. The standard InChI is InChI=1S/C23H19N3O3S/c1-29-18-11-7-8-16(14-18)24-21(27)15-30-23-25-20-13-6-5-12-19(20)22(28)26(23)17-9-3-2-4-10-17/h2-14H,15H2,1H3,(H,24,27). The smallest absolute Gasteiger partial charge is 0.266 e. The van der Waals surface area contributed by atoms with E-state index in [4.69, 9.17) is 4.74 Å². The molecule has 4 aromatic rings. The number of carbonyl (C=O) groups excluding carboxylic acids is 1. The number of nitrogens with zero attached hydrogens (tertiary/aromatic N) is 2. The molecule has 150 valence electrons. The minimum Gasteiger partial charge on any atom is -0.497 e. The van der Waals surface area contributed by atoms with Crippen LogP contribution in [0.3, 0.4) is 0 Å². The van der Waals surface area contributed by atoms with Crippen LogP contribution < -0.4 is 15.6 Å². The minimum atomic E-state index is -0.199. The van der Waals surface area contributed by atoms with Gasteiger partial charge in [0.05, 0.1) is 29.5 Å². The molecule has 6 nitrogen and oxygen atoms in total. The topological polar surface area (TPSA) is 73.2 Å². The predicted molar refractivity (Wildman–Crippen MR) is 120 cm³/mol. The molecule has 3 aromatic carbocycles. The summed E-state index contributed by atoms with van der Waals surface area (Å²) in [5, 5.41) is 3.84. The van der Waals surface area contributed by atoms with Gasteiger partial charge in [-0.15, -0.1) is 0 Å². The zero-order valence-corrected chi connectivity index (χ0v) is 17.1. The third kappa shape index (κ3) is 4.21. The first kappa shape index (κ1) is 19.7. The summed E-state index contributed by atoms with van der Waals surface area (Å²) in [7, 11) is 1.57. The molecule has 1 N–H and O–H groups in total. The van der Waals surface area contributed by atoms with E-state index in [0.717, 1.165) is 0 Å². The second-order valence-electron chi connectivity index (χ2n) is 6.46. The number of anilines is 1. The van der Waals surface area contributed by atoms with Crippen LogP contribution in [0.5, 0.6) is 5.75 Å². The molecule has 0 unspecified atom stereocenters. The van der Waals surface area contributed by atoms with E-state index < -0.39 is 0 Å². The van der Waals surface area contributed by atoms with Crippen LogP contribution in [0.2, 0.25) is 0 Å². The lowest BCUT2D eigenvalue weighted by Crippen LogP contribution is -2.22. The van der Waals surface area contributed by atoms with E-state index in [9.17, 15) is 9.59 Å². The fourth-order valence-electron chi connectivity index (χ4n) is 3.04. The molecular weight excluding hydrogens is 398 g/mol. The van der Waals surface area contributed by atoms with E-state index in [1.807, 2.05) is 48.5 Å². The fraction of sp³-hybridized carbons (Fsp3) is 0.0870. The molecule has 0 saturated heterocycles. The molecular formula is C23H19N3O3S. The average molecular weight is 417 g/mol. The summed E-state index contributed by atoms with van der Waals surface area (Å²) in [6, 6.07) is 23.7. The first-order valence-electron chi connectivity index (χ1n) is 9.29. The number of benzene rings is 3. The highest BCUT2D eigenvalue weighted by Crippen LogP contribution is 2.22. The number of hydrogen-bond donors (Lipinski definition) is 1. The Morgan fingerprint density at radius 2 is 1.80 bits per heavy atom. The molecule has 0 aliphatic heterocycles. The van der Waals surface area contributed by atoms with Crippen LogP contribution in [0.15, 0.2) is 88.8 Å². The number of ether oxygens (including phenoxy) is 1. The molecule has 1 amide bonds. The number of rotatable bonds is 6. The summed E-state index contributed by atoms with van der Waals surface area (Å²) >= 11 is 1.22. The Kier molecular flexibility index (Phi) is 5.81. The quantitative estimate of drug-likeness (QED) is 0.377. The van der Waals surface area contributed by atoms with Crippen molar-refractivity contribution in [2.24, 2.45) is 0 Å². The number of carbonyl (C=O) groups is 1. The van der Waals surface area contributed by atoms with Crippen molar-refractivity contribution < 1.29 is 9.53 Å². The third-order valence-corrected chi connectivity index (χ3v) is 5.38. The lowest BCUT2D eigenvalue weighted by atomic mass is 10.2. The van der Waals surface area contributed by atoms with Gasteiger partial charge in [0.1, 0.15) is 5.75 Å². The molecule has 4 rings (SSSR count). The largest absolute Gasteiger partial charge is 0.497 e. The first-order valence-corrected chi connectivity index (χ1v) is 10.3. The maximum atomic E-state index is 13.2. The Bertz CT molecular complexity index is 1260. The third-order valence-electron chi connectivity index (χ3n) is 4.45. The van der Waals surface area contributed by atoms with Crippen LogP contribution in [-0.2, 0) is 4.79 Å². The van der Waals surface area contributed by atoms with E-state index >= 15 is 0 Å². The van der Waals surface area contributed by atoms with E-state index in [2.05, 4.69) is 10.3 Å². The minimum absolute atomic E-state index is 0.106. The number of para-hydroxylation sites is 2. The second kappa shape index (κ2) is 8.84. The van der Waals surface area contributed by atoms with Crippen molar-refractivity contribution in [3.05, 3.63) is 89.2 Å². The summed E-state index contributed by atoms with van der Waals surface area (Å²) in [4.78, 5) is 30.3. The Morgan fingerprint density at radius 1 is 1.03 bits per heavy atom. The first-order chi connectivity index (χ1) is 14.7. The van der Waals surface area contributed by atoms with Crippen LogP contribution in [0.4, 0.5) is 5.69 Å². The molecule has 1 aromatic heterocycles. The molecule has 0 aliphatic rings. The van der Waals surface area contributed by atoms with Gasteiger partial charge in [-0.25, -0.2) is 4.98 Å². The van der Waals surface area contributed by atoms with Crippen LogP contribution in [-0.4, -0.2) is 28.3 Å². The maximum Gasteiger partial charge on any atom is 0.266 e. The van der Waals surface area contributed by atoms with Crippen LogP contribution in [0.1, 0.15) is 0 Å². The molecule has 1 heterocycles. The van der Waals surface area contributed by atoms with Crippen molar-refractivity contribution in [2.75, 3.05) is 18.2 Å². The van der Waals surface area contributed by atoms with Crippen LogP contribution in [0, 0.1) is 0 Å². The zero-order valence-electron chi connectivity index (χ0n) is 16.2. The normalized spacial score (nSPS) is 10.7. The van der Waals surface area contributed by atoms with Crippen molar-refractivity contribution in [1.82, 2.24) is 9.55 Å². The van der Waals surface area contributed by atoms with Gasteiger partial charge in [-0.2, -0.15) is 0 Å². The van der Waals surface area contributed by atoms with Gasteiger partial charge in [-0.1, -0.05) is 48.2 Å². The zero-order chi connectivity index (χ0) is 20.9. The van der Waals surface area contributed by atoms with E-state index in [1.165, 1.54) is 11.8 Å². The molecule has 0 saturated carbocycles. The van der Waals surface area contributed by atoms with Gasteiger partial charge in [0, 0.05) is 11.8 Å². The summed E-state index contributed by atoms with van der Waals surface area (Å²) in [6.45, 7) is 0. The van der Waals surface area contributed by atoms with Gasteiger partial charge in [-0.05, 0) is 36.4 Å². The lowest BCUT2D eigenvalue weighted by molar-refractivity contribution is -0.113. The van der Waals surface area contributed by atoms with Gasteiger partial charge in [0.2, 0.25) is 5.91 Å². The number of fused-ring (bicyclic) bond motifs is 1. The van der Waals surface area contributed by atoms with E-state index in [-0.39, 0.29) is 17.2 Å². The second-order valence-corrected chi connectivity index (χ2v) is 7.40. The maximum absolute atomic E-state index is 13.2. The van der Waals surface area contributed by atoms with Gasteiger partial charge >= 0.3 is 0 Å². The van der Waals surface area contributed by atoms with Crippen molar-refractivity contribution in [2.45, 2.75) is 5.16 Å². The predicted octanol–water partition coefficient (Wildman–Crippen LogP) is 4.13. The van der Waals surface area contributed by atoms with E-state index in [0.29, 0.717) is 33.2 Å². The molecule has 30 heavy (non-hydrogen) atoms.